The summed E-state index contributed by atoms with van der Waals surface area (Å²) in [6, 6.07) is 5.78. The number of ether oxygens (including phenoxy) is 1. The van der Waals surface area contributed by atoms with Crippen LogP contribution in [0, 0.1) is 25.2 Å². The molecule has 1 aromatic carbocycles. The Labute approximate surface area is 116 Å². The van der Waals surface area contributed by atoms with Gasteiger partial charge in [-0.2, -0.15) is 5.26 Å². The molecule has 2 aromatic rings. The molecule has 1 aromatic heterocycles. The van der Waals surface area contributed by atoms with Gasteiger partial charge in [0.15, 0.2) is 0 Å². The van der Waals surface area contributed by atoms with Crippen LogP contribution < -0.4 is 10.1 Å². The van der Waals surface area contributed by atoms with Crippen molar-refractivity contribution in [3.8, 4) is 11.8 Å². The molecule has 0 saturated carbocycles. The molecular weight excluding hydrogens is 260 g/mol. The van der Waals surface area contributed by atoms with Crippen LogP contribution in [-0.4, -0.2) is 16.6 Å². The Hall–Kier alpha value is -2.13. The fourth-order valence-electron chi connectivity index (χ4n) is 1.88. The molecule has 0 atom stereocenters. The highest BCUT2D eigenvalue weighted by molar-refractivity contribution is 7.10. The lowest BCUT2D eigenvalue weighted by atomic mass is 10.1. The number of anilines is 1. The van der Waals surface area contributed by atoms with E-state index in [0.717, 1.165) is 27.6 Å². The second kappa shape index (κ2) is 5.67. The van der Waals surface area contributed by atoms with Gasteiger partial charge in [-0.05, 0) is 37.1 Å². The van der Waals surface area contributed by atoms with Crippen molar-refractivity contribution in [2.24, 2.45) is 0 Å². The van der Waals surface area contributed by atoms with Crippen LogP contribution in [0.25, 0.3) is 0 Å². The molecular formula is C13H14N4OS. The summed E-state index contributed by atoms with van der Waals surface area (Å²) >= 11 is 1.30. The molecule has 6 heteroatoms. The highest BCUT2D eigenvalue weighted by Gasteiger charge is 2.10. The van der Waals surface area contributed by atoms with Crippen molar-refractivity contribution < 1.29 is 4.74 Å². The third kappa shape index (κ3) is 2.83. The van der Waals surface area contributed by atoms with Crippen molar-refractivity contribution >= 4 is 16.5 Å². The van der Waals surface area contributed by atoms with Crippen LogP contribution in [0.2, 0.25) is 0 Å². The number of aryl methyl sites for hydroxylation is 2. The minimum absolute atomic E-state index is 0.361. The number of hydrogen-bond donors (Lipinski definition) is 1. The minimum atomic E-state index is 0.361. The molecule has 19 heavy (non-hydrogen) atoms. The number of hydrogen-bond acceptors (Lipinski definition) is 6. The topological polar surface area (TPSA) is 70.8 Å². The van der Waals surface area contributed by atoms with E-state index in [9.17, 15) is 0 Å². The molecule has 1 heterocycles. The monoisotopic (exact) mass is 274 g/mol. The molecule has 0 saturated heterocycles. The maximum Gasteiger partial charge on any atom is 0.136 e. The van der Waals surface area contributed by atoms with Gasteiger partial charge in [0.05, 0.1) is 11.6 Å². The summed E-state index contributed by atoms with van der Waals surface area (Å²) in [4.78, 5) is 0. The predicted molar refractivity (Wildman–Crippen MR) is 74.4 cm³/mol. The predicted octanol–water partition coefficient (Wildman–Crippen LogP) is 2.65. The van der Waals surface area contributed by atoms with Gasteiger partial charge in [-0.1, -0.05) is 4.49 Å². The minimum Gasteiger partial charge on any atom is -0.487 e. The number of aromatic nitrogens is 2. The molecule has 0 radical (unpaired) electrons. The Kier molecular flexibility index (Phi) is 3.97. The smallest absolute Gasteiger partial charge is 0.136 e. The van der Waals surface area contributed by atoms with E-state index in [-0.39, 0.29) is 0 Å². The number of benzene rings is 1. The first-order valence-corrected chi connectivity index (χ1v) is 6.56. The summed E-state index contributed by atoms with van der Waals surface area (Å²) in [6.07, 6.45) is 0. The van der Waals surface area contributed by atoms with Crippen LogP contribution in [0.5, 0.6) is 5.75 Å². The average Bonchev–Trinajstić information content (AvgIpc) is 2.85. The maximum atomic E-state index is 8.91. The van der Waals surface area contributed by atoms with Gasteiger partial charge in [0.2, 0.25) is 0 Å². The molecule has 0 unspecified atom stereocenters. The second-order valence-corrected chi connectivity index (χ2v) is 4.89. The van der Waals surface area contributed by atoms with E-state index in [0.29, 0.717) is 12.2 Å². The van der Waals surface area contributed by atoms with E-state index in [1.54, 1.807) is 0 Å². The first-order valence-electron chi connectivity index (χ1n) is 5.78. The summed E-state index contributed by atoms with van der Waals surface area (Å²) in [5, 5.41) is 16.9. The van der Waals surface area contributed by atoms with Gasteiger partial charge in [0.1, 0.15) is 23.1 Å². The van der Waals surface area contributed by atoms with Crippen molar-refractivity contribution in [3.63, 3.8) is 0 Å². The van der Waals surface area contributed by atoms with Crippen LogP contribution >= 0.6 is 11.5 Å². The van der Waals surface area contributed by atoms with Crippen LogP contribution in [0.1, 0.15) is 22.4 Å². The summed E-state index contributed by atoms with van der Waals surface area (Å²) in [5.74, 6) is 0.800. The Morgan fingerprint density at radius 1 is 1.37 bits per heavy atom. The van der Waals surface area contributed by atoms with Gasteiger partial charge >= 0.3 is 0 Å². The first-order chi connectivity index (χ1) is 9.15. The zero-order valence-electron chi connectivity index (χ0n) is 11.0. The van der Waals surface area contributed by atoms with Crippen LogP contribution in [-0.2, 0) is 6.61 Å². The van der Waals surface area contributed by atoms with Gasteiger partial charge in [-0.25, -0.2) is 0 Å². The van der Waals surface area contributed by atoms with Gasteiger partial charge in [-0.15, -0.1) is 5.10 Å². The van der Waals surface area contributed by atoms with E-state index in [1.807, 2.05) is 33.0 Å². The number of rotatable bonds is 4. The fourth-order valence-corrected chi connectivity index (χ4v) is 2.39. The zero-order valence-corrected chi connectivity index (χ0v) is 11.8. The van der Waals surface area contributed by atoms with Gasteiger partial charge in [0.25, 0.3) is 0 Å². The zero-order chi connectivity index (χ0) is 13.8. The van der Waals surface area contributed by atoms with Crippen LogP contribution in [0.3, 0.4) is 0 Å². The molecule has 0 aliphatic rings. The maximum absolute atomic E-state index is 8.91. The van der Waals surface area contributed by atoms with E-state index >= 15 is 0 Å². The largest absolute Gasteiger partial charge is 0.487 e. The lowest BCUT2D eigenvalue weighted by molar-refractivity contribution is 0.297. The third-order valence-corrected chi connectivity index (χ3v) is 3.51. The molecule has 5 nitrogen and oxygen atoms in total. The van der Waals surface area contributed by atoms with E-state index in [4.69, 9.17) is 10.00 Å². The summed E-state index contributed by atoms with van der Waals surface area (Å²) in [5.41, 5.74) is 3.33. The Balaban J connectivity index is 2.19. The standard InChI is InChI=1S/C13H14N4OS/c1-8-4-10(6-14)5-9(2)12(8)18-7-11-13(15-3)19-17-16-11/h4-5,15H,7H2,1-3H3. The summed E-state index contributed by atoms with van der Waals surface area (Å²) in [6.45, 7) is 4.23. The quantitative estimate of drug-likeness (QED) is 0.928. The molecule has 0 spiro atoms. The van der Waals surface area contributed by atoms with Gasteiger partial charge in [0, 0.05) is 18.6 Å². The Morgan fingerprint density at radius 3 is 2.63 bits per heavy atom. The molecule has 0 aliphatic carbocycles. The van der Waals surface area contributed by atoms with Crippen LogP contribution in [0.15, 0.2) is 12.1 Å². The van der Waals surface area contributed by atoms with Crippen molar-refractivity contribution in [3.05, 3.63) is 34.5 Å². The molecule has 1 N–H and O–H groups in total. The normalized spacial score (nSPS) is 10.0. The molecule has 98 valence electrons. The van der Waals surface area contributed by atoms with E-state index in [2.05, 4.69) is 21.0 Å². The van der Waals surface area contributed by atoms with Crippen molar-refractivity contribution in [2.75, 3.05) is 12.4 Å². The summed E-state index contributed by atoms with van der Waals surface area (Å²) in [7, 11) is 1.83. The Bertz CT molecular complexity index is 607. The lowest BCUT2D eigenvalue weighted by Crippen LogP contribution is -2.02. The fraction of sp³-hybridized carbons (Fsp3) is 0.308. The van der Waals surface area contributed by atoms with Crippen molar-refractivity contribution in [1.29, 1.82) is 5.26 Å². The Morgan fingerprint density at radius 2 is 2.05 bits per heavy atom. The SMILES string of the molecule is CNc1snnc1COc1c(C)cc(C#N)cc1C. The van der Waals surface area contributed by atoms with E-state index in [1.165, 1.54) is 11.5 Å². The van der Waals surface area contributed by atoms with Crippen LogP contribution in [0.4, 0.5) is 5.00 Å². The summed E-state index contributed by atoms with van der Waals surface area (Å²) < 4.78 is 9.69. The lowest BCUT2D eigenvalue weighted by Gasteiger charge is -2.12. The highest BCUT2D eigenvalue weighted by Crippen LogP contribution is 2.26. The molecule has 0 aliphatic heterocycles. The van der Waals surface area contributed by atoms with Crippen molar-refractivity contribution in [2.45, 2.75) is 20.5 Å². The molecule has 0 amide bonds. The number of nitrogens with one attached hydrogen (secondary N) is 1. The molecule has 2 rings (SSSR count). The number of nitriles is 1. The van der Waals surface area contributed by atoms with E-state index < -0.39 is 0 Å². The van der Waals surface area contributed by atoms with Crippen molar-refractivity contribution in [1.82, 2.24) is 9.59 Å². The number of nitrogens with zero attached hydrogens (tertiary/aromatic N) is 3. The highest BCUT2D eigenvalue weighted by atomic mass is 32.1. The third-order valence-electron chi connectivity index (χ3n) is 2.73. The van der Waals surface area contributed by atoms with Gasteiger partial charge in [-0.3, -0.25) is 0 Å². The molecule has 0 bridgehead atoms. The first kappa shape index (κ1) is 13.3. The van der Waals surface area contributed by atoms with Gasteiger partial charge < -0.3 is 10.1 Å². The molecule has 0 fully saturated rings. The second-order valence-electron chi connectivity index (χ2n) is 4.14. The average molecular weight is 274 g/mol.